The summed E-state index contributed by atoms with van der Waals surface area (Å²) in [6, 6.07) is 3.92. The van der Waals surface area contributed by atoms with E-state index in [9.17, 15) is 0 Å². The summed E-state index contributed by atoms with van der Waals surface area (Å²) in [5.41, 5.74) is 1.51. The van der Waals surface area contributed by atoms with E-state index >= 15 is 0 Å². The van der Waals surface area contributed by atoms with Crippen molar-refractivity contribution >= 4 is 11.3 Å². The highest BCUT2D eigenvalue weighted by atomic mass is 32.1. The van der Waals surface area contributed by atoms with Crippen LogP contribution in [0.2, 0.25) is 0 Å². The summed E-state index contributed by atoms with van der Waals surface area (Å²) in [5.74, 6) is 0. The third-order valence-corrected chi connectivity index (χ3v) is 4.72. The molecule has 1 saturated heterocycles. The van der Waals surface area contributed by atoms with E-state index in [0.29, 0.717) is 0 Å². The fourth-order valence-corrected chi connectivity index (χ4v) is 3.42. The first-order valence-electron chi connectivity index (χ1n) is 6.90. The molecule has 3 heteroatoms. The Labute approximate surface area is 108 Å². The van der Waals surface area contributed by atoms with E-state index in [0.717, 1.165) is 12.1 Å². The highest BCUT2D eigenvalue weighted by molar-refractivity contribution is 7.07. The molecule has 0 amide bonds. The molecule has 1 aliphatic heterocycles. The molecule has 17 heavy (non-hydrogen) atoms. The van der Waals surface area contributed by atoms with Gasteiger partial charge in [0, 0.05) is 25.2 Å². The maximum absolute atomic E-state index is 3.68. The first-order valence-corrected chi connectivity index (χ1v) is 7.84. The maximum Gasteiger partial charge on any atom is 0.0221 e. The van der Waals surface area contributed by atoms with Crippen LogP contribution in [0.3, 0.4) is 0 Å². The van der Waals surface area contributed by atoms with E-state index in [2.05, 4.69) is 27.0 Å². The molecule has 2 fully saturated rings. The Morgan fingerprint density at radius 3 is 3.06 bits per heavy atom. The van der Waals surface area contributed by atoms with Crippen LogP contribution < -0.4 is 5.32 Å². The largest absolute Gasteiger partial charge is 0.312 e. The molecule has 1 aromatic rings. The molecule has 2 nitrogen and oxygen atoms in total. The molecule has 1 aromatic heterocycles. The molecule has 0 aromatic carbocycles. The fourth-order valence-electron chi connectivity index (χ4n) is 2.72. The maximum atomic E-state index is 3.68. The van der Waals surface area contributed by atoms with Gasteiger partial charge >= 0.3 is 0 Å². The Hall–Kier alpha value is -0.380. The second kappa shape index (κ2) is 5.51. The average molecular weight is 250 g/mol. The molecule has 0 spiro atoms. The van der Waals surface area contributed by atoms with Gasteiger partial charge in [-0.05, 0) is 61.0 Å². The number of rotatable bonds is 6. The van der Waals surface area contributed by atoms with Crippen molar-refractivity contribution < 1.29 is 0 Å². The Bertz CT molecular complexity index is 332. The van der Waals surface area contributed by atoms with Crippen molar-refractivity contribution in [1.29, 1.82) is 0 Å². The quantitative estimate of drug-likeness (QED) is 0.834. The standard InChI is InChI=1S/C14H22N2S/c1-2-14(10-15-13-3-4-13)16(7-1)8-5-12-6-9-17-11-12/h6,9,11,13-15H,1-5,7-8,10H2. The smallest absolute Gasteiger partial charge is 0.0221 e. The second-order valence-corrected chi connectivity index (χ2v) is 6.18. The number of nitrogens with zero attached hydrogens (tertiary/aromatic N) is 1. The third-order valence-electron chi connectivity index (χ3n) is 3.99. The van der Waals surface area contributed by atoms with Crippen molar-refractivity contribution in [1.82, 2.24) is 10.2 Å². The third kappa shape index (κ3) is 3.30. The minimum atomic E-state index is 0.800. The van der Waals surface area contributed by atoms with Crippen molar-refractivity contribution in [2.24, 2.45) is 0 Å². The van der Waals surface area contributed by atoms with Gasteiger partial charge in [-0.25, -0.2) is 0 Å². The van der Waals surface area contributed by atoms with Crippen LogP contribution in [0, 0.1) is 0 Å². The summed E-state index contributed by atoms with van der Waals surface area (Å²) in [6.45, 7) is 3.77. The van der Waals surface area contributed by atoms with Crippen molar-refractivity contribution in [3.63, 3.8) is 0 Å². The van der Waals surface area contributed by atoms with Gasteiger partial charge in [-0.2, -0.15) is 11.3 Å². The van der Waals surface area contributed by atoms with E-state index in [4.69, 9.17) is 0 Å². The first kappa shape index (κ1) is 11.7. The molecule has 3 rings (SSSR count). The zero-order valence-electron chi connectivity index (χ0n) is 10.4. The highest BCUT2D eigenvalue weighted by Crippen LogP contribution is 2.21. The summed E-state index contributed by atoms with van der Waals surface area (Å²) >= 11 is 1.81. The van der Waals surface area contributed by atoms with Gasteiger partial charge in [-0.15, -0.1) is 0 Å². The van der Waals surface area contributed by atoms with Gasteiger partial charge < -0.3 is 5.32 Å². The van der Waals surface area contributed by atoms with E-state index < -0.39 is 0 Å². The summed E-state index contributed by atoms with van der Waals surface area (Å²) < 4.78 is 0. The van der Waals surface area contributed by atoms with Gasteiger partial charge in [0.05, 0.1) is 0 Å². The minimum absolute atomic E-state index is 0.800. The van der Waals surface area contributed by atoms with Crippen LogP contribution in [0.5, 0.6) is 0 Å². The number of hydrogen-bond acceptors (Lipinski definition) is 3. The van der Waals surface area contributed by atoms with Gasteiger partial charge in [-0.3, -0.25) is 4.90 Å². The summed E-state index contributed by atoms with van der Waals surface area (Å²) in [7, 11) is 0. The predicted octanol–water partition coefficient (Wildman–Crippen LogP) is 2.51. The van der Waals surface area contributed by atoms with Crippen molar-refractivity contribution in [2.45, 2.75) is 44.2 Å². The summed E-state index contributed by atoms with van der Waals surface area (Å²) in [5, 5.41) is 8.15. The number of likely N-dealkylation sites (tertiary alicyclic amines) is 1. The van der Waals surface area contributed by atoms with Gasteiger partial charge in [0.25, 0.3) is 0 Å². The number of nitrogens with one attached hydrogen (secondary N) is 1. The second-order valence-electron chi connectivity index (χ2n) is 5.40. The van der Waals surface area contributed by atoms with Gasteiger partial charge in [-0.1, -0.05) is 0 Å². The number of thiophene rings is 1. The van der Waals surface area contributed by atoms with Crippen LogP contribution >= 0.6 is 11.3 Å². The van der Waals surface area contributed by atoms with E-state index in [-0.39, 0.29) is 0 Å². The molecule has 1 aliphatic carbocycles. The lowest BCUT2D eigenvalue weighted by Gasteiger charge is -2.24. The molecule has 1 N–H and O–H groups in total. The average Bonchev–Trinajstić information content (AvgIpc) is 2.86. The van der Waals surface area contributed by atoms with Crippen molar-refractivity contribution in [2.75, 3.05) is 19.6 Å². The fraction of sp³-hybridized carbons (Fsp3) is 0.714. The first-order chi connectivity index (χ1) is 8.42. The highest BCUT2D eigenvalue weighted by Gasteiger charge is 2.27. The Balaban J connectivity index is 1.44. The van der Waals surface area contributed by atoms with Crippen LogP contribution in [-0.4, -0.2) is 36.6 Å². The van der Waals surface area contributed by atoms with E-state index in [1.807, 2.05) is 11.3 Å². The SMILES string of the molecule is c1cc(CCN2CCCC2CNC2CC2)cs1. The molecule has 2 aliphatic rings. The Morgan fingerprint density at radius 2 is 2.29 bits per heavy atom. The van der Waals surface area contributed by atoms with Crippen LogP contribution in [0.15, 0.2) is 16.8 Å². The summed E-state index contributed by atoms with van der Waals surface area (Å²) in [4.78, 5) is 2.69. The normalized spacial score (nSPS) is 25.5. The lowest BCUT2D eigenvalue weighted by molar-refractivity contribution is 0.250. The molecule has 1 atom stereocenters. The van der Waals surface area contributed by atoms with Crippen molar-refractivity contribution in [3.8, 4) is 0 Å². The summed E-state index contributed by atoms with van der Waals surface area (Å²) in [6.07, 6.45) is 6.82. The molecule has 0 radical (unpaired) electrons. The monoisotopic (exact) mass is 250 g/mol. The zero-order valence-corrected chi connectivity index (χ0v) is 11.2. The van der Waals surface area contributed by atoms with Crippen LogP contribution in [-0.2, 0) is 6.42 Å². The predicted molar refractivity (Wildman–Crippen MR) is 73.6 cm³/mol. The molecule has 1 unspecified atom stereocenters. The van der Waals surface area contributed by atoms with Gasteiger partial charge in [0.2, 0.25) is 0 Å². The Kier molecular flexibility index (Phi) is 3.79. The van der Waals surface area contributed by atoms with E-state index in [1.54, 1.807) is 0 Å². The molecule has 0 bridgehead atoms. The van der Waals surface area contributed by atoms with Crippen LogP contribution in [0.1, 0.15) is 31.2 Å². The Morgan fingerprint density at radius 1 is 1.35 bits per heavy atom. The van der Waals surface area contributed by atoms with Gasteiger partial charge in [0.1, 0.15) is 0 Å². The van der Waals surface area contributed by atoms with Crippen LogP contribution in [0.25, 0.3) is 0 Å². The van der Waals surface area contributed by atoms with E-state index in [1.165, 1.54) is 57.3 Å². The molecular weight excluding hydrogens is 228 g/mol. The lowest BCUT2D eigenvalue weighted by Crippen LogP contribution is -2.39. The minimum Gasteiger partial charge on any atom is -0.312 e. The molecule has 2 heterocycles. The molecule has 1 saturated carbocycles. The van der Waals surface area contributed by atoms with Crippen molar-refractivity contribution in [3.05, 3.63) is 22.4 Å². The topological polar surface area (TPSA) is 15.3 Å². The zero-order chi connectivity index (χ0) is 11.5. The molecular formula is C14H22N2S. The van der Waals surface area contributed by atoms with Crippen LogP contribution in [0.4, 0.5) is 0 Å². The van der Waals surface area contributed by atoms with Gasteiger partial charge in [0.15, 0.2) is 0 Å². The lowest BCUT2D eigenvalue weighted by atomic mass is 10.2. The number of hydrogen-bond donors (Lipinski definition) is 1. The molecule has 94 valence electrons.